The molecule has 2 saturated heterocycles. The smallest absolute Gasteiger partial charge is 0.232 e. The standard InChI is InChI=1S/C21H29N3O2/c1-15-9-20(4,10-15)18(26)24-13-21(14-24)11-23(12-21)17(25)19(2,3)16-5-7-22-8-6-16/h5-8,15H,9-14H2,1-4H3. The molecule has 140 valence electrons. The van der Waals surface area contributed by atoms with Crippen molar-refractivity contribution >= 4 is 11.8 Å². The van der Waals surface area contributed by atoms with Gasteiger partial charge in [-0.05, 0) is 50.3 Å². The van der Waals surface area contributed by atoms with Crippen molar-refractivity contribution in [2.24, 2.45) is 16.7 Å². The Hall–Kier alpha value is -1.91. The summed E-state index contributed by atoms with van der Waals surface area (Å²) in [7, 11) is 0. The molecule has 1 aromatic rings. The first-order valence-corrected chi connectivity index (χ1v) is 9.65. The van der Waals surface area contributed by atoms with Crippen LogP contribution in [0.5, 0.6) is 0 Å². The molecule has 4 rings (SSSR count). The molecule has 1 aliphatic carbocycles. The molecule has 26 heavy (non-hydrogen) atoms. The van der Waals surface area contributed by atoms with E-state index in [0.29, 0.717) is 11.8 Å². The highest BCUT2D eigenvalue weighted by molar-refractivity contribution is 5.88. The van der Waals surface area contributed by atoms with E-state index in [1.807, 2.05) is 35.8 Å². The number of carbonyl (C=O) groups is 2. The van der Waals surface area contributed by atoms with Crippen LogP contribution in [0.1, 0.15) is 46.1 Å². The summed E-state index contributed by atoms with van der Waals surface area (Å²) in [5.41, 5.74) is 0.463. The number of aromatic nitrogens is 1. The van der Waals surface area contributed by atoms with Gasteiger partial charge in [-0.2, -0.15) is 0 Å². The van der Waals surface area contributed by atoms with Crippen LogP contribution in [0.4, 0.5) is 0 Å². The number of likely N-dealkylation sites (tertiary alicyclic amines) is 2. The van der Waals surface area contributed by atoms with E-state index in [0.717, 1.165) is 44.6 Å². The van der Waals surface area contributed by atoms with Gasteiger partial charge >= 0.3 is 0 Å². The first-order valence-electron chi connectivity index (χ1n) is 9.65. The van der Waals surface area contributed by atoms with Crippen molar-refractivity contribution in [3.8, 4) is 0 Å². The van der Waals surface area contributed by atoms with Crippen LogP contribution in [0.2, 0.25) is 0 Å². The minimum atomic E-state index is -0.542. The van der Waals surface area contributed by atoms with Crippen molar-refractivity contribution in [2.45, 2.75) is 46.0 Å². The zero-order chi connectivity index (χ0) is 18.7. The van der Waals surface area contributed by atoms with Crippen molar-refractivity contribution in [1.29, 1.82) is 0 Å². The van der Waals surface area contributed by atoms with Gasteiger partial charge in [0.1, 0.15) is 0 Å². The Kier molecular flexibility index (Phi) is 3.73. The van der Waals surface area contributed by atoms with Crippen LogP contribution >= 0.6 is 0 Å². The lowest BCUT2D eigenvalue weighted by atomic mass is 9.61. The van der Waals surface area contributed by atoms with Crippen LogP contribution in [0.15, 0.2) is 24.5 Å². The molecule has 0 unspecified atom stereocenters. The van der Waals surface area contributed by atoms with E-state index in [-0.39, 0.29) is 16.7 Å². The lowest BCUT2D eigenvalue weighted by molar-refractivity contribution is -0.181. The summed E-state index contributed by atoms with van der Waals surface area (Å²) >= 11 is 0. The van der Waals surface area contributed by atoms with Gasteiger partial charge in [-0.25, -0.2) is 0 Å². The molecule has 0 radical (unpaired) electrons. The quantitative estimate of drug-likeness (QED) is 0.837. The van der Waals surface area contributed by atoms with Crippen LogP contribution < -0.4 is 0 Å². The molecule has 1 aromatic heterocycles. The highest BCUT2D eigenvalue weighted by atomic mass is 16.2. The molecule has 5 nitrogen and oxygen atoms in total. The summed E-state index contributed by atoms with van der Waals surface area (Å²) in [6.07, 6.45) is 5.50. The topological polar surface area (TPSA) is 53.5 Å². The molecule has 0 aromatic carbocycles. The number of carbonyl (C=O) groups excluding carboxylic acids is 2. The van der Waals surface area contributed by atoms with Crippen molar-refractivity contribution in [3.05, 3.63) is 30.1 Å². The van der Waals surface area contributed by atoms with Gasteiger partial charge in [0.05, 0.1) is 5.41 Å². The third kappa shape index (κ3) is 2.55. The molecule has 3 aliphatic rings. The average Bonchev–Trinajstić information content (AvgIpc) is 2.51. The Morgan fingerprint density at radius 2 is 1.62 bits per heavy atom. The molecule has 3 fully saturated rings. The molecule has 1 saturated carbocycles. The average molecular weight is 355 g/mol. The largest absolute Gasteiger partial charge is 0.341 e. The van der Waals surface area contributed by atoms with E-state index in [9.17, 15) is 9.59 Å². The molecule has 2 amide bonds. The van der Waals surface area contributed by atoms with Crippen molar-refractivity contribution < 1.29 is 9.59 Å². The van der Waals surface area contributed by atoms with Gasteiger partial charge in [0.2, 0.25) is 11.8 Å². The zero-order valence-corrected chi connectivity index (χ0v) is 16.3. The number of rotatable bonds is 3. The fraction of sp³-hybridized carbons (Fsp3) is 0.667. The maximum Gasteiger partial charge on any atom is 0.232 e. The van der Waals surface area contributed by atoms with E-state index < -0.39 is 5.41 Å². The van der Waals surface area contributed by atoms with Crippen LogP contribution in [-0.2, 0) is 15.0 Å². The lowest BCUT2D eigenvalue weighted by Crippen LogP contribution is -2.75. The normalized spacial score (nSPS) is 29.6. The Labute approximate surface area is 155 Å². The second kappa shape index (κ2) is 5.54. The zero-order valence-electron chi connectivity index (χ0n) is 16.3. The third-order valence-corrected chi connectivity index (χ3v) is 6.73. The molecule has 3 heterocycles. The van der Waals surface area contributed by atoms with E-state index >= 15 is 0 Å². The van der Waals surface area contributed by atoms with Crippen LogP contribution in [0.25, 0.3) is 0 Å². The number of hydrogen-bond acceptors (Lipinski definition) is 3. The highest BCUT2D eigenvalue weighted by Gasteiger charge is 2.58. The Bertz CT molecular complexity index is 723. The van der Waals surface area contributed by atoms with E-state index in [4.69, 9.17) is 0 Å². The molecular formula is C21H29N3O2. The predicted molar refractivity (Wildman–Crippen MR) is 99.4 cm³/mol. The van der Waals surface area contributed by atoms with E-state index in [1.165, 1.54) is 0 Å². The summed E-state index contributed by atoms with van der Waals surface area (Å²) in [5, 5.41) is 0. The molecular weight excluding hydrogens is 326 g/mol. The lowest BCUT2D eigenvalue weighted by Gasteiger charge is -2.62. The van der Waals surface area contributed by atoms with Gasteiger partial charge in [0.25, 0.3) is 0 Å². The summed E-state index contributed by atoms with van der Waals surface area (Å²) in [5.74, 6) is 1.16. The number of amides is 2. The van der Waals surface area contributed by atoms with Crippen molar-refractivity contribution in [3.63, 3.8) is 0 Å². The summed E-state index contributed by atoms with van der Waals surface area (Å²) in [6, 6.07) is 3.83. The molecule has 1 spiro atoms. The van der Waals surface area contributed by atoms with Crippen molar-refractivity contribution in [2.75, 3.05) is 26.2 Å². The van der Waals surface area contributed by atoms with Gasteiger partial charge in [-0.15, -0.1) is 0 Å². The van der Waals surface area contributed by atoms with Gasteiger partial charge in [-0.3, -0.25) is 14.6 Å². The van der Waals surface area contributed by atoms with Gasteiger partial charge in [0.15, 0.2) is 0 Å². The SMILES string of the molecule is CC1CC(C)(C(=O)N2CC3(C2)CN(C(=O)C(C)(C)c2ccncc2)C3)C1. The maximum absolute atomic E-state index is 13.0. The monoisotopic (exact) mass is 355 g/mol. The number of pyridine rings is 1. The molecule has 0 atom stereocenters. The first-order chi connectivity index (χ1) is 12.2. The second-order valence-electron chi connectivity index (χ2n) is 9.76. The van der Waals surface area contributed by atoms with Gasteiger partial charge in [0, 0.05) is 49.4 Å². The minimum absolute atomic E-state index is 0.135. The molecule has 2 aliphatic heterocycles. The summed E-state index contributed by atoms with van der Waals surface area (Å²) in [6.45, 7) is 11.5. The minimum Gasteiger partial charge on any atom is -0.341 e. The molecule has 0 N–H and O–H groups in total. The third-order valence-electron chi connectivity index (χ3n) is 6.73. The predicted octanol–water partition coefficient (Wildman–Crippen LogP) is 2.47. The van der Waals surface area contributed by atoms with E-state index in [2.05, 4.69) is 18.8 Å². The molecule has 5 heteroatoms. The number of nitrogens with zero attached hydrogens (tertiary/aromatic N) is 3. The fourth-order valence-electron chi connectivity index (χ4n) is 5.34. The second-order valence-corrected chi connectivity index (χ2v) is 9.76. The Balaban J connectivity index is 1.32. The van der Waals surface area contributed by atoms with Crippen LogP contribution in [-0.4, -0.2) is 52.8 Å². The van der Waals surface area contributed by atoms with Crippen molar-refractivity contribution in [1.82, 2.24) is 14.8 Å². The van der Waals surface area contributed by atoms with Gasteiger partial charge < -0.3 is 9.80 Å². The molecule has 0 bridgehead atoms. The van der Waals surface area contributed by atoms with Gasteiger partial charge in [-0.1, -0.05) is 13.8 Å². The van der Waals surface area contributed by atoms with Crippen LogP contribution in [0.3, 0.4) is 0 Å². The number of hydrogen-bond donors (Lipinski definition) is 0. The Morgan fingerprint density at radius 3 is 2.15 bits per heavy atom. The summed E-state index contributed by atoms with van der Waals surface area (Å²) < 4.78 is 0. The highest BCUT2D eigenvalue weighted by Crippen LogP contribution is 2.49. The van der Waals surface area contributed by atoms with Crippen LogP contribution in [0, 0.1) is 16.7 Å². The van der Waals surface area contributed by atoms with E-state index in [1.54, 1.807) is 12.4 Å². The maximum atomic E-state index is 13.0. The Morgan fingerprint density at radius 1 is 1.08 bits per heavy atom. The summed E-state index contributed by atoms with van der Waals surface area (Å²) in [4.78, 5) is 33.7. The first kappa shape index (κ1) is 17.5. The fourth-order valence-corrected chi connectivity index (χ4v) is 5.34.